The highest BCUT2D eigenvalue weighted by Crippen LogP contribution is 2.26. The maximum Gasteiger partial charge on any atom is 0.0452 e. The third kappa shape index (κ3) is 2.45. The summed E-state index contributed by atoms with van der Waals surface area (Å²) in [6, 6.07) is 6.09. The number of hydrogen-bond donors (Lipinski definition) is 1. The molecule has 0 bridgehead atoms. The van der Waals surface area contributed by atoms with Crippen LogP contribution in [0.5, 0.6) is 0 Å². The van der Waals surface area contributed by atoms with E-state index in [4.69, 9.17) is 28.9 Å². The summed E-state index contributed by atoms with van der Waals surface area (Å²) >= 11 is 12.0. The third-order valence-corrected chi connectivity index (χ3v) is 3.52. The monoisotopic (exact) mass is 244 g/mol. The molecule has 0 spiro atoms. The van der Waals surface area contributed by atoms with E-state index in [1.165, 1.54) is 6.42 Å². The molecule has 1 aromatic rings. The first kappa shape index (κ1) is 11.2. The Kier molecular flexibility index (Phi) is 3.52. The van der Waals surface area contributed by atoms with Crippen molar-refractivity contribution in [1.29, 1.82) is 0 Å². The maximum absolute atomic E-state index is 6.10. The Hall–Kier alpha value is -0.280. The fraction of sp³-hybridized carbons (Fsp3) is 0.455. The fourth-order valence-electron chi connectivity index (χ4n) is 1.85. The predicted octanol–water partition coefficient (Wildman–Crippen LogP) is 2.53. The van der Waals surface area contributed by atoms with Gasteiger partial charge in [0.15, 0.2) is 0 Å². The first-order valence-electron chi connectivity index (χ1n) is 5.08. The van der Waals surface area contributed by atoms with Gasteiger partial charge in [-0.1, -0.05) is 23.2 Å². The van der Waals surface area contributed by atoms with Gasteiger partial charge in [0, 0.05) is 35.7 Å². The Balaban J connectivity index is 2.07. The van der Waals surface area contributed by atoms with E-state index >= 15 is 0 Å². The Morgan fingerprint density at radius 2 is 2.20 bits per heavy atom. The van der Waals surface area contributed by atoms with Gasteiger partial charge in [0.1, 0.15) is 0 Å². The second-order valence-corrected chi connectivity index (χ2v) is 4.73. The van der Waals surface area contributed by atoms with Crippen molar-refractivity contribution < 1.29 is 0 Å². The van der Waals surface area contributed by atoms with Gasteiger partial charge in [0.05, 0.1) is 0 Å². The van der Waals surface area contributed by atoms with E-state index in [9.17, 15) is 0 Å². The molecule has 4 heteroatoms. The molecule has 0 radical (unpaired) electrons. The summed E-state index contributed by atoms with van der Waals surface area (Å²) in [5, 5.41) is 1.52. The maximum atomic E-state index is 6.10. The highest BCUT2D eigenvalue weighted by atomic mass is 35.5. The molecule has 0 aliphatic carbocycles. The van der Waals surface area contributed by atoms with E-state index in [-0.39, 0.29) is 0 Å². The lowest BCUT2D eigenvalue weighted by molar-refractivity contribution is 0.0882. The van der Waals surface area contributed by atoms with Crippen molar-refractivity contribution >= 4 is 23.2 Å². The summed E-state index contributed by atoms with van der Waals surface area (Å²) in [6.07, 6.45) is 1.19. The molecule has 1 heterocycles. The predicted molar refractivity (Wildman–Crippen MR) is 64.3 cm³/mol. The van der Waals surface area contributed by atoms with Gasteiger partial charge in [0.25, 0.3) is 0 Å². The molecule has 15 heavy (non-hydrogen) atoms. The third-order valence-electron chi connectivity index (χ3n) is 2.92. The number of nitrogens with two attached hydrogens (primary N) is 1. The van der Waals surface area contributed by atoms with E-state index in [0.29, 0.717) is 6.04 Å². The van der Waals surface area contributed by atoms with Crippen LogP contribution in [0.3, 0.4) is 0 Å². The Morgan fingerprint density at radius 3 is 2.80 bits per heavy atom. The minimum Gasteiger partial charge on any atom is -0.329 e. The van der Waals surface area contributed by atoms with Gasteiger partial charge in [-0.3, -0.25) is 4.90 Å². The van der Waals surface area contributed by atoms with E-state index in [0.717, 1.165) is 35.2 Å². The van der Waals surface area contributed by atoms with Gasteiger partial charge >= 0.3 is 0 Å². The van der Waals surface area contributed by atoms with Crippen molar-refractivity contribution in [1.82, 2.24) is 4.90 Å². The summed E-state index contributed by atoms with van der Waals surface area (Å²) < 4.78 is 0. The largest absolute Gasteiger partial charge is 0.329 e. The van der Waals surface area contributed by atoms with Gasteiger partial charge in [-0.25, -0.2) is 0 Å². The lowest BCUT2D eigenvalue weighted by Gasteiger charge is -2.40. The van der Waals surface area contributed by atoms with E-state index < -0.39 is 0 Å². The lowest BCUT2D eigenvalue weighted by atomic mass is 10.0. The van der Waals surface area contributed by atoms with Gasteiger partial charge in [-0.2, -0.15) is 0 Å². The molecule has 2 nitrogen and oxygen atoms in total. The molecule has 2 N–H and O–H groups in total. The van der Waals surface area contributed by atoms with E-state index in [2.05, 4.69) is 4.90 Å². The molecule has 82 valence electrons. The normalized spacial score (nSPS) is 21.4. The molecule has 1 fully saturated rings. The summed E-state index contributed by atoms with van der Waals surface area (Å²) in [5.41, 5.74) is 6.73. The molecule has 1 aliphatic rings. The van der Waals surface area contributed by atoms with Crippen LogP contribution in [0, 0.1) is 0 Å². The number of nitrogens with zero attached hydrogens (tertiary/aromatic N) is 1. The van der Waals surface area contributed by atoms with E-state index in [1.54, 1.807) is 0 Å². The standard InChI is InChI=1S/C11H14Cl2N2/c12-9-1-2-11(13)8(5-9)7-15-4-3-10(15)6-14/h1-2,5,10H,3-4,6-7,14H2. The SMILES string of the molecule is NCC1CCN1Cc1cc(Cl)ccc1Cl. The smallest absolute Gasteiger partial charge is 0.0452 e. The topological polar surface area (TPSA) is 29.3 Å². The molecule has 1 atom stereocenters. The Bertz CT molecular complexity index is 352. The summed E-state index contributed by atoms with van der Waals surface area (Å²) in [6.45, 7) is 2.67. The minimum absolute atomic E-state index is 0.514. The summed E-state index contributed by atoms with van der Waals surface area (Å²) in [5.74, 6) is 0. The average Bonchev–Trinajstić information content (AvgIpc) is 2.18. The van der Waals surface area contributed by atoms with Crippen molar-refractivity contribution in [2.45, 2.75) is 19.0 Å². The zero-order valence-electron chi connectivity index (χ0n) is 8.42. The van der Waals surface area contributed by atoms with Crippen LogP contribution in [-0.4, -0.2) is 24.0 Å². The van der Waals surface area contributed by atoms with Crippen LogP contribution >= 0.6 is 23.2 Å². The Labute approximate surface area is 100.0 Å². The number of halogens is 2. The van der Waals surface area contributed by atoms with Crippen LogP contribution < -0.4 is 5.73 Å². The highest BCUT2D eigenvalue weighted by molar-refractivity contribution is 6.33. The minimum atomic E-state index is 0.514. The van der Waals surface area contributed by atoms with Crippen LogP contribution in [0.4, 0.5) is 0 Å². The van der Waals surface area contributed by atoms with Crippen LogP contribution in [0.25, 0.3) is 0 Å². The van der Waals surface area contributed by atoms with Crippen molar-refractivity contribution in [3.63, 3.8) is 0 Å². The van der Waals surface area contributed by atoms with Crippen molar-refractivity contribution in [3.8, 4) is 0 Å². The average molecular weight is 245 g/mol. The van der Waals surface area contributed by atoms with Crippen molar-refractivity contribution in [2.24, 2.45) is 5.73 Å². The first-order chi connectivity index (χ1) is 7.20. The van der Waals surface area contributed by atoms with Crippen LogP contribution in [0.1, 0.15) is 12.0 Å². The Morgan fingerprint density at radius 1 is 1.40 bits per heavy atom. The molecule has 1 aromatic carbocycles. The van der Waals surface area contributed by atoms with Gasteiger partial charge in [-0.15, -0.1) is 0 Å². The van der Waals surface area contributed by atoms with Crippen LogP contribution in [0.15, 0.2) is 18.2 Å². The zero-order chi connectivity index (χ0) is 10.8. The van der Waals surface area contributed by atoms with Gasteiger partial charge in [-0.05, 0) is 30.2 Å². The number of benzene rings is 1. The molecule has 1 saturated heterocycles. The molecule has 1 unspecified atom stereocenters. The molecule has 1 aliphatic heterocycles. The highest BCUT2D eigenvalue weighted by Gasteiger charge is 2.26. The second kappa shape index (κ2) is 4.71. The van der Waals surface area contributed by atoms with Gasteiger partial charge < -0.3 is 5.73 Å². The lowest BCUT2D eigenvalue weighted by Crippen LogP contribution is -2.50. The molecule has 0 saturated carbocycles. The van der Waals surface area contributed by atoms with E-state index in [1.807, 2.05) is 18.2 Å². The summed E-state index contributed by atoms with van der Waals surface area (Å²) in [7, 11) is 0. The van der Waals surface area contributed by atoms with Crippen LogP contribution in [0.2, 0.25) is 10.0 Å². The fourth-order valence-corrected chi connectivity index (χ4v) is 2.22. The summed E-state index contributed by atoms with van der Waals surface area (Å²) in [4.78, 5) is 2.33. The van der Waals surface area contributed by atoms with Crippen molar-refractivity contribution in [3.05, 3.63) is 33.8 Å². The second-order valence-electron chi connectivity index (χ2n) is 3.88. The van der Waals surface area contributed by atoms with Gasteiger partial charge in [0.2, 0.25) is 0 Å². The molecule has 0 aromatic heterocycles. The molecular weight excluding hydrogens is 231 g/mol. The van der Waals surface area contributed by atoms with Crippen molar-refractivity contribution in [2.75, 3.05) is 13.1 Å². The first-order valence-corrected chi connectivity index (χ1v) is 5.84. The molecular formula is C11H14Cl2N2. The van der Waals surface area contributed by atoms with Crippen LogP contribution in [-0.2, 0) is 6.54 Å². The zero-order valence-corrected chi connectivity index (χ0v) is 9.93. The number of rotatable bonds is 3. The quantitative estimate of drug-likeness (QED) is 0.886. The molecule has 2 rings (SSSR count). The molecule has 0 amide bonds. The number of hydrogen-bond acceptors (Lipinski definition) is 2. The number of likely N-dealkylation sites (tertiary alicyclic amines) is 1.